The Morgan fingerprint density at radius 1 is 1.47 bits per heavy atom. The third-order valence-electron chi connectivity index (χ3n) is 3.41. The van der Waals surface area contributed by atoms with Gasteiger partial charge in [0.25, 0.3) is 5.91 Å². The van der Waals surface area contributed by atoms with Gasteiger partial charge in [0.05, 0.1) is 6.42 Å². The van der Waals surface area contributed by atoms with Crippen LogP contribution in [0.15, 0.2) is 18.3 Å². The average molecular weight is 236 g/mol. The van der Waals surface area contributed by atoms with Gasteiger partial charge in [0, 0.05) is 12.7 Å². The van der Waals surface area contributed by atoms with Gasteiger partial charge in [0.1, 0.15) is 5.69 Å². The minimum atomic E-state index is -0.793. The summed E-state index contributed by atoms with van der Waals surface area (Å²) < 4.78 is 0. The molecule has 1 aliphatic carbocycles. The van der Waals surface area contributed by atoms with Crippen molar-refractivity contribution in [3.05, 3.63) is 24.0 Å². The number of aromatic nitrogens is 1. The number of aromatic amines is 1. The second-order valence-corrected chi connectivity index (χ2v) is 4.69. The van der Waals surface area contributed by atoms with Crippen LogP contribution in [0.4, 0.5) is 0 Å². The normalized spacial score (nSPS) is 17.2. The van der Waals surface area contributed by atoms with Crippen molar-refractivity contribution in [2.45, 2.75) is 25.7 Å². The fourth-order valence-electron chi connectivity index (χ4n) is 2.25. The van der Waals surface area contributed by atoms with Crippen molar-refractivity contribution < 1.29 is 14.7 Å². The quantitative estimate of drug-likeness (QED) is 0.722. The van der Waals surface area contributed by atoms with E-state index in [1.807, 2.05) is 0 Å². The highest BCUT2D eigenvalue weighted by Gasteiger charge is 2.39. The van der Waals surface area contributed by atoms with E-state index in [2.05, 4.69) is 10.3 Å². The van der Waals surface area contributed by atoms with Gasteiger partial charge in [-0.2, -0.15) is 0 Å². The molecule has 0 spiro atoms. The Kier molecular flexibility index (Phi) is 3.17. The maximum atomic E-state index is 11.7. The number of hydrogen-bond acceptors (Lipinski definition) is 2. The molecule has 5 heteroatoms. The molecule has 0 radical (unpaired) electrons. The van der Waals surface area contributed by atoms with Crippen LogP contribution in [0.2, 0.25) is 0 Å². The molecule has 0 saturated heterocycles. The van der Waals surface area contributed by atoms with Crippen molar-refractivity contribution in [2.75, 3.05) is 6.54 Å². The van der Waals surface area contributed by atoms with Crippen molar-refractivity contribution >= 4 is 11.9 Å². The Bertz CT molecular complexity index is 407. The largest absolute Gasteiger partial charge is 0.481 e. The smallest absolute Gasteiger partial charge is 0.303 e. The first-order chi connectivity index (χ1) is 8.11. The number of carboxylic acids is 1. The fourth-order valence-corrected chi connectivity index (χ4v) is 2.25. The number of carboxylic acid groups (broad SMARTS) is 1. The van der Waals surface area contributed by atoms with E-state index in [0.29, 0.717) is 12.2 Å². The Balaban J connectivity index is 1.88. The minimum absolute atomic E-state index is 0.137. The number of carbonyl (C=O) groups is 2. The number of H-pyrrole nitrogens is 1. The number of nitrogens with one attached hydrogen (secondary N) is 2. The molecule has 1 amide bonds. The predicted molar refractivity (Wildman–Crippen MR) is 61.7 cm³/mol. The monoisotopic (exact) mass is 236 g/mol. The van der Waals surface area contributed by atoms with Crippen LogP contribution in [0.5, 0.6) is 0 Å². The van der Waals surface area contributed by atoms with E-state index in [-0.39, 0.29) is 17.7 Å². The molecular formula is C12H16N2O3. The summed E-state index contributed by atoms with van der Waals surface area (Å²) in [6.07, 6.45) is 4.63. The molecule has 92 valence electrons. The van der Waals surface area contributed by atoms with Gasteiger partial charge in [-0.05, 0) is 30.4 Å². The second-order valence-electron chi connectivity index (χ2n) is 4.69. The molecule has 3 N–H and O–H groups in total. The van der Waals surface area contributed by atoms with Crippen LogP contribution in [0.3, 0.4) is 0 Å². The molecule has 5 nitrogen and oxygen atoms in total. The first kappa shape index (κ1) is 11.7. The number of hydrogen-bond donors (Lipinski definition) is 3. The average Bonchev–Trinajstić information content (AvgIpc) is 2.74. The summed E-state index contributed by atoms with van der Waals surface area (Å²) in [4.78, 5) is 25.3. The van der Waals surface area contributed by atoms with Crippen molar-refractivity contribution in [2.24, 2.45) is 5.41 Å². The zero-order chi connectivity index (χ0) is 12.3. The summed E-state index contributed by atoms with van der Waals surface area (Å²) in [6.45, 7) is 0.442. The van der Waals surface area contributed by atoms with Crippen LogP contribution in [-0.4, -0.2) is 28.5 Å². The number of aliphatic carboxylic acids is 1. The van der Waals surface area contributed by atoms with Crippen LogP contribution in [-0.2, 0) is 4.79 Å². The van der Waals surface area contributed by atoms with E-state index in [4.69, 9.17) is 5.11 Å². The Morgan fingerprint density at radius 3 is 2.71 bits per heavy atom. The van der Waals surface area contributed by atoms with Crippen molar-refractivity contribution in [3.63, 3.8) is 0 Å². The van der Waals surface area contributed by atoms with Gasteiger partial charge in [-0.15, -0.1) is 0 Å². The molecule has 1 saturated carbocycles. The highest BCUT2D eigenvalue weighted by molar-refractivity contribution is 5.92. The SMILES string of the molecule is O=C(O)CC1(CNC(=O)c2ccc[nH]2)CCC1. The van der Waals surface area contributed by atoms with Gasteiger partial charge in [0.15, 0.2) is 0 Å². The molecule has 0 aliphatic heterocycles. The van der Waals surface area contributed by atoms with Crippen LogP contribution >= 0.6 is 0 Å². The summed E-state index contributed by atoms with van der Waals surface area (Å²) in [7, 11) is 0. The summed E-state index contributed by atoms with van der Waals surface area (Å²) in [6, 6.07) is 3.45. The minimum Gasteiger partial charge on any atom is -0.481 e. The van der Waals surface area contributed by atoms with Crippen LogP contribution in [0.1, 0.15) is 36.2 Å². The van der Waals surface area contributed by atoms with Gasteiger partial charge >= 0.3 is 5.97 Å². The van der Waals surface area contributed by atoms with E-state index in [1.54, 1.807) is 18.3 Å². The standard InChI is InChI=1S/C12H16N2O3/c15-10(16)7-12(4-2-5-12)8-14-11(17)9-3-1-6-13-9/h1,3,6,13H,2,4-5,7-8H2,(H,14,17)(H,15,16). The van der Waals surface area contributed by atoms with Crippen LogP contribution in [0.25, 0.3) is 0 Å². The lowest BCUT2D eigenvalue weighted by atomic mass is 9.66. The molecule has 2 rings (SSSR count). The number of carbonyl (C=O) groups excluding carboxylic acids is 1. The third-order valence-corrected chi connectivity index (χ3v) is 3.41. The molecule has 1 fully saturated rings. The Labute approximate surface area is 99.2 Å². The fraction of sp³-hybridized carbons (Fsp3) is 0.500. The Hall–Kier alpha value is -1.78. The first-order valence-electron chi connectivity index (χ1n) is 5.75. The molecule has 1 aromatic rings. The van der Waals surface area contributed by atoms with E-state index in [1.165, 1.54) is 0 Å². The molecule has 0 aromatic carbocycles. The topological polar surface area (TPSA) is 82.2 Å². The third kappa shape index (κ3) is 2.67. The second kappa shape index (κ2) is 4.61. The molecular weight excluding hydrogens is 220 g/mol. The van der Waals surface area contributed by atoms with E-state index in [0.717, 1.165) is 19.3 Å². The van der Waals surface area contributed by atoms with Gasteiger partial charge < -0.3 is 15.4 Å². The molecule has 0 unspecified atom stereocenters. The maximum absolute atomic E-state index is 11.7. The number of amides is 1. The van der Waals surface area contributed by atoms with E-state index < -0.39 is 5.97 Å². The van der Waals surface area contributed by atoms with Gasteiger partial charge in [-0.3, -0.25) is 9.59 Å². The molecule has 0 atom stereocenters. The summed E-state index contributed by atoms with van der Waals surface area (Å²) in [5.74, 6) is -0.967. The maximum Gasteiger partial charge on any atom is 0.303 e. The van der Waals surface area contributed by atoms with Crippen molar-refractivity contribution in [1.82, 2.24) is 10.3 Å². The van der Waals surface area contributed by atoms with Crippen molar-refractivity contribution in [3.8, 4) is 0 Å². The van der Waals surface area contributed by atoms with Gasteiger partial charge in [-0.25, -0.2) is 0 Å². The van der Waals surface area contributed by atoms with Crippen LogP contribution < -0.4 is 5.32 Å². The molecule has 0 bridgehead atoms. The van der Waals surface area contributed by atoms with Crippen LogP contribution in [0, 0.1) is 5.41 Å². The molecule has 1 aromatic heterocycles. The highest BCUT2D eigenvalue weighted by Crippen LogP contribution is 2.43. The molecule has 1 aliphatic rings. The zero-order valence-electron chi connectivity index (χ0n) is 9.53. The summed E-state index contributed by atoms with van der Waals surface area (Å²) in [5.41, 5.74) is 0.281. The predicted octanol–water partition coefficient (Wildman–Crippen LogP) is 1.39. The molecule has 17 heavy (non-hydrogen) atoms. The summed E-state index contributed by atoms with van der Waals surface area (Å²) >= 11 is 0. The van der Waals surface area contributed by atoms with Gasteiger partial charge in [0.2, 0.25) is 0 Å². The lowest BCUT2D eigenvalue weighted by Crippen LogP contribution is -2.43. The lowest BCUT2D eigenvalue weighted by molar-refractivity contribution is -0.141. The van der Waals surface area contributed by atoms with E-state index in [9.17, 15) is 9.59 Å². The molecule has 1 heterocycles. The van der Waals surface area contributed by atoms with E-state index >= 15 is 0 Å². The number of rotatable bonds is 5. The summed E-state index contributed by atoms with van der Waals surface area (Å²) in [5, 5.41) is 11.6. The Morgan fingerprint density at radius 2 is 2.24 bits per heavy atom. The highest BCUT2D eigenvalue weighted by atomic mass is 16.4. The first-order valence-corrected chi connectivity index (χ1v) is 5.75. The lowest BCUT2D eigenvalue weighted by Gasteiger charge is -2.40. The zero-order valence-corrected chi connectivity index (χ0v) is 9.53. The van der Waals surface area contributed by atoms with Crippen molar-refractivity contribution in [1.29, 1.82) is 0 Å². The van der Waals surface area contributed by atoms with Gasteiger partial charge in [-0.1, -0.05) is 6.42 Å².